The summed E-state index contributed by atoms with van der Waals surface area (Å²) in [7, 11) is 0. The maximum absolute atomic E-state index is 11.1. The van der Waals surface area contributed by atoms with Gasteiger partial charge < -0.3 is 5.11 Å². The second-order valence-corrected chi connectivity index (χ2v) is 5.17. The fourth-order valence-corrected chi connectivity index (χ4v) is 2.40. The van der Waals surface area contributed by atoms with Crippen LogP contribution in [-0.2, 0) is 11.3 Å². The average molecular weight is 274 g/mol. The second kappa shape index (κ2) is 4.84. The number of carboxylic acids is 1. The summed E-state index contributed by atoms with van der Waals surface area (Å²) in [5.41, 5.74) is 0.103. The van der Waals surface area contributed by atoms with E-state index < -0.39 is 11.5 Å². The standard InChI is InChI=1S/C12H13Cl2NO2/c13-9-3-2-8(10(14)6-9)7-15-12(11(16)17)4-1-5-12/h2-3,6,15H,1,4-5,7H2,(H,16,17). The highest BCUT2D eigenvalue weighted by atomic mass is 35.5. The van der Waals surface area contributed by atoms with Crippen molar-refractivity contribution in [3.63, 3.8) is 0 Å². The third-order valence-electron chi connectivity index (χ3n) is 3.25. The highest BCUT2D eigenvalue weighted by Gasteiger charge is 2.43. The number of rotatable bonds is 4. The van der Waals surface area contributed by atoms with Gasteiger partial charge in [0.05, 0.1) is 0 Å². The van der Waals surface area contributed by atoms with Crippen molar-refractivity contribution in [2.75, 3.05) is 0 Å². The van der Waals surface area contributed by atoms with E-state index >= 15 is 0 Å². The molecule has 1 aliphatic carbocycles. The van der Waals surface area contributed by atoms with Gasteiger partial charge in [0.25, 0.3) is 0 Å². The van der Waals surface area contributed by atoms with Crippen LogP contribution >= 0.6 is 23.2 Å². The molecule has 1 saturated carbocycles. The van der Waals surface area contributed by atoms with Crippen LogP contribution in [0.5, 0.6) is 0 Å². The number of hydrogen-bond acceptors (Lipinski definition) is 2. The molecule has 0 aromatic heterocycles. The van der Waals surface area contributed by atoms with Crippen LogP contribution in [-0.4, -0.2) is 16.6 Å². The summed E-state index contributed by atoms with van der Waals surface area (Å²) in [5, 5.41) is 13.4. The minimum Gasteiger partial charge on any atom is -0.480 e. The predicted molar refractivity (Wildman–Crippen MR) is 67.5 cm³/mol. The molecule has 0 spiro atoms. The maximum Gasteiger partial charge on any atom is 0.323 e. The Kier molecular flexibility index (Phi) is 3.61. The van der Waals surface area contributed by atoms with Gasteiger partial charge in [-0.15, -0.1) is 0 Å². The second-order valence-electron chi connectivity index (χ2n) is 4.33. The number of aliphatic carboxylic acids is 1. The molecule has 0 saturated heterocycles. The molecule has 0 aliphatic heterocycles. The van der Waals surface area contributed by atoms with Gasteiger partial charge >= 0.3 is 5.97 Å². The van der Waals surface area contributed by atoms with Gasteiger partial charge in [0.15, 0.2) is 0 Å². The molecule has 1 aromatic carbocycles. The molecule has 3 nitrogen and oxygen atoms in total. The van der Waals surface area contributed by atoms with Gasteiger partial charge in [-0.05, 0) is 37.0 Å². The van der Waals surface area contributed by atoms with Gasteiger partial charge in [-0.3, -0.25) is 10.1 Å². The van der Waals surface area contributed by atoms with E-state index in [9.17, 15) is 4.79 Å². The Morgan fingerprint density at radius 2 is 2.12 bits per heavy atom. The molecule has 0 atom stereocenters. The fraction of sp³-hybridized carbons (Fsp3) is 0.417. The largest absolute Gasteiger partial charge is 0.480 e. The quantitative estimate of drug-likeness (QED) is 0.887. The summed E-state index contributed by atoms with van der Waals surface area (Å²) in [6.07, 6.45) is 2.30. The van der Waals surface area contributed by atoms with Crippen LogP contribution in [0.25, 0.3) is 0 Å². The summed E-state index contributed by atoms with van der Waals surface area (Å²) < 4.78 is 0. The number of hydrogen-bond donors (Lipinski definition) is 2. The van der Waals surface area contributed by atoms with Gasteiger partial charge in [-0.1, -0.05) is 29.3 Å². The Labute approximate surface area is 110 Å². The van der Waals surface area contributed by atoms with Crippen molar-refractivity contribution < 1.29 is 9.90 Å². The monoisotopic (exact) mass is 273 g/mol. The molecule has 1 aromatic rings. The van der Waals surface area contributed by atoms with Gasteiger partial charge in [-0.25, -0.2) is 0 Å². The van der Waals surface area contributed by atoms with Crippen LogP contribution in [0, 0.1) is 0 Å². The SMILES string of the molecule is O=C(O)C1(NCc2ccc(Cl)cc2Cl)CCC1. The zero-order valence-corrected chi connectivity index (χ0v) is 10.7. The van der Waals surface area contributed by atoms with E-state index in [1.54, 1.807) is 12.1 Å². The average Bonchev–Trinajstić information content (AvgIpc) is 2.18. The van der Waals surface area contributed by atoms with Crippen LogP contribution in [0.1, 0.15) is 24.8 Å². The number of carboxylic acid groups (broad SMARTS) is 1. The van der Waals surface area contributed by atoms with Crippen molar-refractivity contribution >= 4 is 29.2 Å². The molecular formula is C12H13Cl2NO2. The molecule has 92 valence electrons. The van der Waals surface area contributed by atoms with E-state index in [2.05, 4.69) is 5.32 Å². The molecule has 2 rings (SSSR count). The normalized spacial score (nSPS) is 17.5. The molecule has 0 radical (unpaired) electrons. The Balaban J connectivity index is 2.04. The van der Waals surface area contributed by atoms with Crippen LogP contribution in [0.15, 0.2) is 18.2 Å². The van der Waals surface area contributed by atoms with Gasteiger partial charge in [0.1, 0.15) is 5.54 Å². The molecule has 0 amide bonds. The minimum atomic E-state index is -0.783. The van der Waals surface area contributed by atoms with Crippen molar-refractivity contribution in [1.82, 2.24) is 5.32 Å². The summed E-state index contributed by atoms with van der Waals surface area (Å²) in [6, 6.07) is 5.22. The summed E-state index contributed by atoms with van der Waals surface area (Å²) in [4.78, 5) is 11.1. The molecule has 0 heterocycles. The number of benzene rings is 1. The molecule has 17 heavy (non-hydrogen) atoms. The minimum absolute atomic E-state index is 0.447. The Hall–Kier alpha value is -0.770. The van der Waals surface area contributed by atoms with E-state index in [0.29, 0.717) is 29.4 Å². The Morgan fingerprint density at radius 1 is 1.41 bits per heavy atom. The lowest BCUT2D eigenvalue weighted by atomic mass is 9.76. The van der Waals surface area contributed by atoms with E-state index in [0.717, 1.165) is 12.0 Å². The lowest BCUT2D eigenvalue weighted by Crippen LogP contribution is -2.56. The summed E-state index contributed by atoms with van der Waals surface area (Å²) >= 11 is 11.8. The first kappa shape index (κ1) is 12.7. The van der Waals surface area contributed by atoms with Crippen molar-refractivity contribution in [2.45, 2.75) is 31.3 Å². The van der Waals surface area contributed by atoms with Gasteiger partial charge in [0, 0.05) is 16.6 Å². The van der Waals surface area contributed by atoms with E-state index in [-0.39, 0.29) is 0 Å². The predicted octanol–water partition coefficient (Wildman–Crippen LogP) is 3.09. The topological polar surface area (TPSA) is 49.3 Å². The van der Waals surface area contributed by atoms with Crippen LogP contribution in [0.3, 0.4) is 0 Å². The van der Waals surface area contributed by atoms with Crippen molar-refractivity contribution in [3.8, 4) is 0 Å². The van der Waals surface area contributed by atoms with E-state index in [1.165, 1.54) is 0 Å². The maximum atomic E-state index is 11.1. The molecule has 1 fully saturated rings. The first-order chi connectivity index (χ1) is 8.03. The number of nitrogens with one attached hydrogen (secondary N) is 1. The summed E-state index contributed by atoms with van der Waals surface area (Å²) in [5.74, 6) is -0.783. The highest BCUT2D eigenvalue weighted by molar-refractivity contribution is 6.35. The zero-order chi connectivity index (χ0) is 12.5. The Morgan fingerprint density at radius 3 is 2.59 bits per heavy atom. The van der Waals surface area contributed by atoms with Gasteiger partial charge in [-0.2, -0.15) is 0 Å². The Bertz CT molecular complexity index is 444. The molecule has 0 bridgehead atoms. The smallest absolute Gasteiger partial charge is 0.323 e. The van der Waals surface area contributed by atoms with Crippen molar-refractivity contribution in [3.05, 3.63) is 33.8 Å². The lowest BCUT2D eigenvalue weighted by Gasteiger charge is -2.38. The highest BCUT2D eigenvalue weighted by Crippen LogP contribution is 2.33. The van der Waals surface area contributed by atoms with E-state index in [4.69, 9.17) is 28.3 Å². The fourth-order valence-electron chi connectivity index (χ4n) is 1.93. The first-order valence-corrected chi connectivity index (χ1v) is 6.21. The molecule has 0 unspecified atom stereocenters. The van der Waals surface area contributed by atoms with Crippen LogP contribution < -0.4 is 5.32 Å². The number of carbonyl (C=O) groups is 1. The zero-order valence-electron chi connectivity index (χ0n) is 9.17. The first-order valence-electron chi connectivity index (χ1n) is 5.46. The third kappa shape index (κ3) is 2.57. The number of halogens is 2. The van der Waals surface area contributed by atoms with Crippen LogP contribution in [0.2, 0.25) is 10.0 Å². The van der Waals surface area contributed by atoms with E-state index in [1.807, 2.05) is 6.07 Å². The van der Waals surface area contributed by atoms with Crippen molar-refractivity contribution in [2.24, 2.45) is 0 Å². The molecule has 1 aliphatic rings. The van der Waals surface area contributed by atoms with Crippen LogP contribution in [0.4, 0.5) is 0 Å². The molecule has 2 N–H and O–H groups in total. The lowest BCUT2D eigenvalue weighted by molar-refractivity contribution is -0.148. The molecule has 5 heteroatoms. The van der Waals surface area contributed by atoms with Gasteiger partial charge in [0.2, 0.25) is 0 Å². The molecular weight excluding hydrogens is 261 g/mol. The van der Waals surface area contributed by atoms with Crippen molar-refractivity contribution in [1.29, 1.82) is 0 Å². The summed E-state index contributed by atoms with van der Waals surface area (Å²) in [6.45, 7) is 0.447. The third-order valence-corrected chi connectivity index (χ3v) is 3.84.